The first-order chi connectivity index (χ1) is 22.0. The van der Waals surface area contributed by atoms with Crippen molar-refractivity contribution in [2.45, 2.75) is 69.1 Å². The highest BCUT2D eigenvalue weighted by Gasteiger charge is 2.37. The van der Waals surface area contributed by atoms with Crippen LogP contribution >= 0.6 is 0 Å². The van der Waals surface area contributed by atoms with E-state index in [4.69, 9.17) is 0 Å². The standard InChI is InChI=1S/C35H55N5O4S2/c1-30-26-38(45(41,42)35-18-16-34(17-19-35)36(2)3)23-10-21-37(28-31-12-6-4-7-13-31)22-11-24-39(27-30)46(43,44)40-25-20-33(29-40)32-14-8-5-9-15-32/h5,8-9,14-19,30-31,33H,4,6-7,10-13,20-29H2,1-3H3/t30-,33+/m0/s1. The third-order valence-electron chi connectivity index (χ3n) is 10.1. The summed E-state index contributed by atoms with van der Waals surface area (Å²) in [5.74, 6) is 0.679. The van der Waals surface area contributed by atoms with Crippen molar-refractivity contribution in [2.24, 2.45) is 11.8 Å². The van der Waals surface area contributed by atoms with Gasteiger partial charge in [-0.25, -0.2) is 8.42 Å². The number of anilines is 1. The topological polar surface area (TPSA) is 84.5 Å². The maximum absolute atomic E-state index is 14.2. The quantitative estimate of drug-likeness (QED) is 0.388. The summed E-state index contributed by atoms with van der Waals surface area (Å²) in [6.07, 6.45) is 8.69. The molecule has 2 saturated heterocycles. The van der Waals surface area contributed by atoms with Crippen LogP contribution in [0.4, 0.5) is 5.69 Å². The fourth-order valence-corrected chi connectivity index (χ4v) is 10.9. The van der Waals surface area contributed by atoms with Crippen molar-refractivity contribution < 1.29 is 16.8 Å². The predicted octanol–water partition coefficient (Wildman–Crippen LogP) is 5.09. The highest BCUT2D eigenvalue weighted by Crippen LogP contribution is 2.31. The largest absolute Gasteiger partial charge is 0.378 e. The molecule has 0 spiro atoms. The highest BCUT2D eigenvalue weighted by atomic mass is 32.2. The van der Waals surface area contributed by atoms with Gasteiger partial charge in [-0.05, 0) is 92.8 Å². The number of sulfonamides is 1. The van der Waals surface area contributed by atoms with E-state index in [9.17, 15) is 16.8 Å². The third-order valence-corrected chi connectivity index (χ3v) is 13.9. The van der Waals surface area contributed by atoms with Crippen molar-refractivity contribution in [3.63, 3.8) is 0 Å². The Balaban J connectivity index is 1.36. The molecular weight excluding hydrogens is 619 g/mol. The summed E-state index contributed by atoms with van der Waals surface area (Å²) in [6.45, 7) is 7.04. The Morgan fingerprint density at radius 2 is 1.28 bits per heavy atom. The van der Waals surface area contributed by atoms with Gasteiger partial charge in [0.05, 0.1) is 4.90 Å². The zero-order chi connectivity index (χ0) is 32.7. The Morgan fingerprint density at radius 3 is 1.93 bits per heavy atom. The number of rotatable bonds is 8. The second-order valence-corrected chi connectivity index (χ2v) is 17.9. The normalized spacial score (nSPS) is 24.8. The lowest BCUT2D eigenvalue weighted by Gasteiger charge is -2.35. The van der Waals surface area contributed by atoms with E-state index < -0.39 is 20.2 Å². The molecule has 11 heteroatoms. The lowest BCUT2D eigenvalue weighted by Crippen LogP contribution is -2.48. The Labute approximate surface area is 278 Å². The molecule has 0 bridgehead atoms. The molecule has 9 nitrogen and oxygen atoms in total. The average Bonchev–Trinajstić information content (AvgIpc) is 3.56. The van der Waals surface area contributed by atoms with Gasteiger partial charge in [-0.3, -0.25) is 0 Å². The van der Waals surface area contributed by atoms with E-state index in [-0.39, 0.29) is 23.3 Å². The second-order valence-electron chi connectivity index (χ2n) is 14.0. The van der Waals surface area contributed by atoms with E-state index in [0.29, 0.717) is 38.6 Å². The minimum absolute atomic E-state index is 0.170. The van der Waals surface area contributed by atoms with Gasteiger partial charge < -0.3 is 9.80 Å². The van der Waals surface area contributed by atoms with Crippen LogP contribution in [0.2, 0.25) is 0 Å². The summed E-state index contributed by atoms with van der Waals surface area (Å²) in [5, 5.41) is 0. The molecular formula is C35H55N5O4S2. The molecule has 256 valence electrons. The third kappa shape index (κ3) is 8.90. The predicted molar refractivity (Wildman–Crippen MR) is 187 cm³/mol. The van der Waals surface area contributed by atoms with Gasteiger partial charge in [0.1, 0.15) is 0 Å². The SMILES string of the molecule is C[C@H]1CN(S(=O)(=O)c2ccc(N(C)C)cc2)CCCN(CC2CCCCC2)CCCN(S(=O)(=O)N2CC[C@@H](c3ccccc3)C2)C1. The smallest absolute Gasteiger partial charge is 0.282 e. The second kappa shape index (κ2) is 15.9. The number of nitrogens with zero attached hydrogens (tertiary/aromatic N) is 5. The first-order valence-corrected chi connectivity index (χ1v) is 20.2. The van der Waals surface area contributed by atoms with Gasteiger partial charge in [0.2, 0.25) is 10.0 Å². The summed E-state index contributed by atoms with van der Waals surface area (Å²) >= 11 is 0. The fraction of sp³-hybridized carbons (Fsp3) is 0.657. The lowest BCUT2D eigenvalue weighted by atomic mass is 9.89. The Hall–Kier alpha value is -2.02. The fourth-order valence-electron chi connectivity index (χ4n) is 7.50. The molecule has 0 aromatic heterocycles. The summed E-state index contributed by atoms with van der Waals surface area (Å²) in [7, 11) is -3.60. The maximum atomic E-state index is 14.2. The van der Waals surface area contributed by atoms with Gasteiger partial charge in [-0.2, -0.15) is 21.3 Å². The minimum Gasteiger partial charge on any atom is -0.378 e. The van der Waals surface area contributed by atoms with Crippen LogP contribution in [0.3, 0.4) is 0 Å². The monoisotopic (exact) mass is 673 g/mol. The summed E-state index contributed by atoms with van der Waals surface area (Å²) in [6, 6.07) is 17.2. The van der Waals surface area contributed by atoms with Crippen molar-refractivity contribution in [3.8, 4) is 0 Å². The molecule has 0 unspecified atom stereocenters. The summed E-state index contributed by atoms with van der Waals surface area (Å²) in [5.41, 5.74) is 2.12. The van der Waals surface area contributed by atoms with Crippen LogP contribution in [-0.4, -0.2) is 108 Å². The van der Waals surface area contributed by atoms with E-state index in [2.05, 4.69) is 17.0 Å². The van der Waals surface area contributed by atoms with Gasteiger partial charge in [0, 0.05) is 65.6 Å². The van der Waals surface area contributed by atoms with Crippen molar-refractivity contribution in [1.82, 2.24) is 17.8 Å². The van der Waals surface area contributed by atoms with E-state index in [1.807, 2.05) is 56.3 Å². The molecule has 2 aromatic carbocycles. The summed E-state index contributed by atoms with van der Waals surface area (Å²) < 4.78 is 61.4. The lowest BCUT2D eigenvalue weighted by molar-refractivity contribution is 0.180. The van der Waals surface area contributed by atoms with Gasteiger partial charge in [-0.1, -0.05) is 56.5 Å². The molecule has 2 aromatic rings. The molecule has 0 radical (unpaired) electrons. The first kappa shape index (κ1) is 35.3. The minimum atomic E-state index is -3.76. The first-order valence-electron chi connectivity index (χ1n) is 17.3. The molecule has 3 aliphatic rings. The molecule has 1 aliphatic carbocycles. The van der Waals surface area contributed by atoms with Gasteiger partial charge in [-0.15, -0.1) is 0 Å². The molecule has 5 rings (SSSR count). The van der Waals surface area contributed by atoms with E-state index in [1.54, 1.807) is 25.0 Å². The van der Waals surface area contributed by atoms with Crippen molar-refractivity contribution >= 4 is 25.9 Å². The van der Waals surface area contributed by atoms with Crippen LogP contribution in [0.25, 0.3) is 0 Å². The maximum Gasteiger partial charge on any atom is 0.282 e. The van der Waals surface area contributed by atoms with Gasteiger partial charge in [0.15, 0.2) is 0 Å². The van der Waals surface area contributed by atoms with E-state index in [1.165, 1.54) is 37.7 Å². The van der Waals surface area contributed by atoms with Crippen LogP contribution in [0.5, 0.6) is 0 Å². The van der Waals surface area contributed by atoms with Crippen LogP contribution < -0.4 is 4.90 Å². The summed E-state index contributed by atoms with van der Waals surface area (Å²) in [4.78, 5) is 4.71. The van der Waals surface area contributed by atoms with Gasteiger partial charge in [0.25, 0.3) is 10.2 Å². The van der Waals surface area contributed by atoms with Crippen LogP contribution in [0.15, 0.2) is 59.5 Å². The molecule has 2 aliphatic heterocycles. The Kier molecular flexibility index (Phi) is 12.2. The highest BCUT2D eigenvalue weighted by molar-refractivity contribution is 7.89. The van der Waals surface area contributed by atoms with Crippen LogP contribution in [-0.2, 0) is 20.2 Å². The van der Waals surface area contributed by atoms with Crippen LogP contribution in [0.1, 0.15) is 69.8 Å². The average molecular weight is 674 g/mol. The van der Waals surface area contributed by atoms with Crippen molar-refractivity contribution in [2.75, 3.05) is 77.9 Å². The van der Waals surface area contributed by atoms with E-state index >= 15 is 0 Å². The van der Waals surface area contributed by atoms with Crippen molar-refractivity contribution in [3.05, 3.63) is 60.2 Å². The Morgan fingerprint density at radius 1 is 0.674 bits per heavy atom. The number of hydrogen-bond donors (Lipinski definition) is 0. The van der Waals surface area contributed by atoms with E-state index in [0.717, 1.165) is 44.6 Å². The molecule has 0 amide bonds. The molecule has 0 N–H and O–H groups in total. The molecule has 46 heavy (non-hydrogen) atoms. The van der Waals surface area contributed by atoms with Crippen LogP contribution in [0, 0.1) is 11.8 Å². The molecule has 2 heterocycles. The zero-order valence-electron chi connectivity index (χ0n) is 28.1. The molecule has 3 fully saturated rings. The Bertz CT molecular complexity index is 1450. The molecule has 1 saturated carbocycles. The zero-order valence-corrected chi connectivity index (χ0v) is 29.8. The number of benzene rings is 2. The number of hydrogen-bond acceptors (Lipinski definition) is 6. The molecule has 2 atom stereocenters. The van der Waals surface area contributed by atoms with Gasteiger partial charge >= 0.3 is 0 Å². The van der Waals surface area contributed by atoms with Crippen molar-refractivity contribution in [1.29, 1.82) is 0 Å².